The number of anilines is 1. The number of halogens is 1. The third-order valence-corrected chi connectivity index (χ3v) is 6.78. The highest BCUT2D eigenvalue weighted by Gasteiger charge is 2.36. The summed E-state index contributed by atoms with van der Waals surface area (Å²) in [7, 11) is 0. The van der Waals surface area contributed by atoms with Crippen LogP contribution in [0, 0.1) is 27.7 Å². The molecular formula is C26H24ClN3O3S. The highest BCUT2D eigenvalue weighted by Crippen LogP contribution is 2.34. The van der Waals surface area contributed by atoms with E-state index in [-0.39, 0.29) is 11.4 Å². The van der Waals surface area contributed by atoms with Crippen LogP contribution in [0.1, 0.15) is 28.1 Å². The second-order valence-electron chi connectivity index (χ2n) is 8.30. The Kier molecular flexibility index (Phi) is 6.68. The summed E-state index contributed by atoms with van der Waals surface area (Å²) in [5.41, 5.74) is 6.65. The van der Waals surface area contributed by atoms with Gasteiger partial charge in [0.15, 0.2) is 0 Å². The van der Waals surface area contributed by atoms with Crippen LogP contribution in [0.4, 0.5) is 10.5 Å². The molecule has 0 aliphatic carbocycles. The molecule has 1 aliphatic heterocycles. The van der Waals surface area contributed by atoms with E-state index >= 15 is 0 Å². The van der Waals surface area contributed by atoms with Crippen molar-refractivity contribution >= 4 is 52.2 Å². The average Bonchev–Trinajstić information content (AvgIpc) is 3.18. The lowest BCUT2D eigenvalue weighted by atomic mass is 10.1. The summed E-state index contributed by atoms with van der Waals surface area (Å²) >= 11 is 6.91. The fourth-order valence-electron chi connectivity index (χ4n) is 4.08. The lowest BCUT2D eigenvalue weighted by Gasteiger charge is -2.13. The number of amides is 3. The molecule has 1 fully saturated rings. The van der Waals surface area contributed by atoms with Crippen LogP contribution < -0.4 is 5.32 Å². The van der Waals surface area contributed by atoms with Crippen LogP contribution in [-0.4, -0.2) is 33.1 Å². The number of nitrogens with one attached hydrogen (secondary N) is 1. The number of imide groups is 1. The van der Waals surface area contributed by atoms with Gasteiger partial charge in [-0.1, -0.05) is 29.8 Å². The minimum atomic E-state index is -0.496. The van der Waals surface area contributed by atoms with Crippen molar-refractivity contribution in [2.75, 3.05) is 11.9 Å². The Hall–Kier alpha value is -3.29. The Bertz CT molecular complexity index is 1340. The van der Waals surface area contributed by atoms with Crippen LogP contribution in [0.25, 0.3) is 11.8 Å². The first-order valence-electron chi connectivity index (χ1n) is 10.7. The molecule has 174 valence electrons. The van der Waals surface area contributed by atoms with E-state index in [0.717, 1.165) is 39.3 Å². The van der Waals surface area contributed by atoms with Crippen molar-refractivity contribution in [2.24, 2.45) is 0 Å². The number of hydrogen-bond donors (Lipinski definition) is 1. The van der Waals surface area contributed by atoms with E-state index in [1.165, 1.54) is 11.1 Å². The number of carbonyl (C=O) groups is 3. The minimum absolute atomic E-state index is 0.288. The van der Waals surface area contributed by atoms with Gasteiger partial charge in [0.2, 0.25) is 5.91 Å². The summed E-state index contributed by atoms with van der Waals surface area (Å²) in [6.45, 7) is 7.73. The zero-order chi connectivity index (χ0) is 24.6. The molecule has 0 bridgehead atoms. The maximum absolute atomic E-state index is 12.9. The Morgan fingerprint density at radius 2 is 1.71 bits per heavy atom. The summed E-state index contributed by atoms with van der Waals surface area (Å²) in [5.74, 6) is -0.981. The maximum Gasteiger partial charge on any atom is 0.294 e. The van der Waals surface area contributed by atoms with Gasteiger partial charge in [-0.05, 0) is 92.6 Å². The largest absolute Gasteiger partial charge is 0.323 e. The zero-order valence-electron chi connectivity index (χ0n) is 19.3. The molecule has 6 nitrogen and oxygen atoms in total. The van der Waals surface area contributed by atoms with E-state index in [9.17, 15) is 14.4 Å². The number of rotatable bonds is 5. The molecule has 3 aromatic rings. The zero-order valence-corrected chi connectivity index (χ0v) is 20.9. The van der Waals surface area contributed by atoms with Gasteiger partial charge in [-0.15, -0.1) is 0 Å². The topological polar surface area (TPSA) is 71.4 Å². The second-order valence-corrected chi connectivity index (χ2v) is 9.70. The third-order valence-electron chi connectivity index (χ3n) is 5.54. The fraction of sp³-hybridized carbons (Fsp3) is 0.192. The fourth-order valence-corrected chi connectivity index (χ4v) is 5.10. The maximum atomic E-state index is 12.9. The summed E-state index contributed by atoms with van der Waals surface area (Å²) in [6.07, 6.45) is 1.72. The van der Waals surface area contributed by atoms with Crippen molar-refractivity contribution in [3.05, 3.63) is 86.5 Å². The van der Waals surface area contributed by atoms with E-state index in [4.69, 9.17) is 11.6 Å². The molecule has 8 heteroatoms. The predicted octanol–water partition coefficient (Wildman–Crippen LogP) is 6.04. The molecule has 1 aromatic heterocycles. The van der Waals surface area contributed by atoms with Crippen molar-refractivity contribution in [1.82, 2.24) is 9.47 Å². The van der Waals surface area contributed by atoms with Gasteiger partial charge < -0.3 is 9.88 Å². The average molecular weight is 494 g/mol. The van der Waals surface area contributed by atoms with Gasteiger partial charge in [-0.25, -0.2) is 0 Å². The van der Waals surface area contributed by atoms with Gasteiger partial charge in [0.1, 0.15) is 6.54 Å². The molecule has 0 unspecified atom stereocenters. The van der Waals surface area contributed by atoms with Crippen LogP contribution in [0.3, 0.4) is 0 Å². The van der Waals surface area contributed by atoms with Crippen LogP contribution in [0.2, 0.25) is 5.02 Å². The quantitative estimate of drug-likeness (QED) is 0.440. The minimum Gasteiger partial charge on any atom is -0.323 e. The molecule has 0 atom stereocenters. The van der Waals surface area contributed by atoms with Crippen LogP contribution in [0.5, 0.6) is 0 Å². The monoisotopic (exact) mass is 493 g/mol. The van der Waals surface area contributed by atoms with E-state index in [2.05, 4.69) is 41.9 Å². The number of thioether (sulfide) groups is 1. The van der Waals surface area contributed by atoms with Crippen LogP contribution in [-0.2, 0) is 9.59 Å². The highest BCUT2D eigenvalue weighted by atomic mass is 35.5. The second kappa shape index (κ2) is 9.52. The molecule has 2 heterocycles. The molecule has 0 radical (unpaired) electrons. The SMILES string of the molecule is Cc1cc(C)cc(-n2c(C)cc(/C=C3/SC(=O)N(CC(=O)Nc4ccccc4Cl)C3=O)c2C)c1. The van der Waals surface area contributed by atoms with Crippen molar-refractivity contribution in [3.8, 4) is 5.69 Å². The van der Waals surface area contributed by atoms with Gasteiger partial charge >= 0.3 is 0 Å². The summed E-state index contributed by atoms with van der Waals surface area (Å²) in [4.78, 5) is 39.1. The van der Waals surface area contributed by atoms with Crippen molar-refractivity contribution in [3.63, 3.8) is 0 Å². The molecule has 34 heavy (non-hydrogen) atoms. The molecule has 1 saturated heterocycles. The Morgan fingerprint density at radius 3 is 2.38 bits per heavy atom. The number of hydrogen-bond acceptors (Lipinski definition) is 4. The normalized spacial score (nSPS) is 14.9. The molecule has 0 saturated carbocycles. The molecular weight excluding hydrogens is 470 g/mol. The number of aromatic nitrogens is 1. The lowest BCUT2D eigenvalue weighted by molar-refractivity contribution is -0.127. The Labute approximate surface area is 207 Å². The molecule has 3 amide bonds. The first-order chi connectivity index (χ1) is 16.1. The first kappa shape index (κ1) is 23.9. The lowest BCUT2D eigenvalue weighted by Crippen LogP contribution is -2.36. The molecule has 0 spiro atoms. The Balaban J connectivity index is 1.55. The highest BCUT2D eigenvalue weighted by molar-refractivity contribution is 8.18. The molecule has 1 N–H and O–H groups in total. The third kappa shape index (κ3) is 4.81. The van der Waals surface area contributed by atoms with Gasteiger partial charge in [-0.3, -0.25) is 19.3 Å². The number of para-hydroxylation sites is 1. The van der Waals surface area contributed by atoms with Crippen molar-refractivity contribution in [1.29, 1.82) is 0 Å². The summed E-state index contributed by atoms with van der Waals surface area (Å²) in [5, 5.41) is 2.54. The van der Waals surface area contributed by atoms with Gasteiger partial charge in [-0.2, -0.15) is 0 Å². The first-order valence-corrected chi connectivity index (χ1v) is 11.9. The summed E-state index contributed by atoms with van der Waals surface area (Å²) < 4.78 is 2.13. The molecule has 2 aromatic carbocycles. The van der Waals surface area contributed by atoms with Crippen molar-refractivity contribution in [2.45, 2.75) is 27.7 Å². The van der Waals surface area contributed by atoms with E-state index in [0.29, 0.717) is 10.7 Å². The number of benzene rings is 2. The van der Waals surface area contributed by atoms with Gasteiger partial charge in [0.25, 0.3) is 11.1 Å². The van der Waals surface area contributed by atoms with Crippen LogP contribution in [0.15, 0.2) is 53.4 Å². The smallest absolute Gasteiger partial charge is 0.294 e. The van der Waals surface area contributed by atoms with E-state index in [1.54, 1.807) is 30.3 Å². The molecule has 1 aliphatic rings. The summed E-state index contributed by atoms with van der Waals surface area (Å²) in [6, 6.07) is 15.1. The predicted molar refractivity (Wildman–Crippen MR) is 137 cm³/mol. The number of nitrogens with zero attached hydrogens (tertiary/aromatic N) is 2. The van der Waals surface area contributed by atoms with E-state index in [1.807, 2.05) is 19.9 Å². The van der Waals surface area contributed by atoms with E-state index < -0.39 is 17.1 Å². The van der Waals surface area contributed by atoms with Crippen LogP contribution >= 0.6 is 23.4 Å². The van der Waals surface area contributed by atoms with Crippen molar-refractivity contribution < 1.29 is 14.4 Å². The Morgan fingerprint density at radius 1 is 1.03 bits per heavy atom. The standard InChI is InChI=1S/C26H24ClN3O3S/c1-15-9-16(2)11-20(10-15)30-17(3)12-19(18(30)4)13-23-25(32)29(26(33)34-23)14-24(31)28-22-8-6-5-7-21(22)27/h5-13H,14H2,1-4H3,(H,28,31)/b23-13+. The van der Waals surface area contributed by atoms with Gasteiger partial charge in [0, 0.05) is 17.1 Å². The van der Waals surface area contributed by atoms with Gasteiger partial charge in [0.05, 0.1) is 15.6 Å². The number of aryl methyl sites for hydroxylation is 3. The molecule has 4 rings (SSSR count). The number of carbonyl (C=O) groups excluding carboxylic acids is 3.